The van der Waals surface area contributed by atoms with Gasteiger partial charge in [-0.25, -0.2) is 23.2 Å². The lowest BCUT2D eigenvalue weighted by Gasteiger charge is -2.00. The van der Waals surface area contributed by atoms with Gasteiger partial charge in [0.2, 0.25) is 0 Å². The first-order valence-electron chi connectivity index (χ1n) is 3.72. The Labute approximate surface area is 90.8 Å². The summed E-state index contributed by atoms with van der Waals surface area (Å²) in [5.41, 5.74) is -0.325. The molecule has 0 unspecified atom stereocenters. The van der Waals surface area contributed by atoms with Crippen LogP contribution in [0.1, 0.15) is 16.3 Å². The van der Waals surface area contributed by atoms with E-state index in [4.69, 9.17) is 16.7 Å². The summed E-state index contributed by atoms with van der Waals surface area (Å²) in [5.74, 6) is -1.84. The van der Waals surface area contributed by atoms with Gasteiger partial charge in [0, 0.05) is 12.3 Å². The summed E-state index contributed by atoms with van der Waals surface area (Å²) >= 11 is 5.51. The summed E-state index contributed by atoms with van der Waals surface area (Å²) in [6.07, 6.45) is 0.998. The summed E-state index contributed by atoms with van der Waals surface area (Å²) in [5, 5.41) is 8.54. The third-order valence-electron chi connectivity index (χ3n) is 1.35. The van der Waals surface area contributed by atoms with Gasteiger partial charge in [0.15, 0.2) is 15.5 Å². The summed E-state index contributed by atoms with van der Waals surface area (Å²) in [4.78, 5) is 17.7. The molecule has 8 heteroatoms. The Morgan fingerprint density at radius 1 is 1.53 bits per heavy atom. The number of aromatic nitrogens is 2. The van der Waals surface area contributed by atoms with Crippen LogP contribution in [0.25, 0.3) is 0 Å². The summed E-state index contributed by atoms with van der Waals surface area (Å²) in [6.45, 7) is 0. The Bertz CT molecular complexity index is 500. The average Bonchev–Trinajstić information content (AvgIpc) is 1.99. The highest BCUT2D eigenvalue weighted by Gasteiger charge is 2.13. The SMILES string of the molecule is CS(=O)(=O)Cc1nc(Cl)cc(C(=O)O)n1. The first-order chi connectivity index (χ1) is 6.78. The Balaban J connectivity index is 3.15. The Hall–Kier alpha value is -1.21. The molecule has 82 valence electrons. The van der Waals surface area contributed by atoms with Crippen LogP contribution in [0, 0.1) is 0 Å². The number of aromatic carboxylic acids is 1. The van der Waals surface area contributed by atoms with Gasteiger partial charge in [-0.15, -0.1) is 0 Å². The van der Waals surface area contributed by atoms with Crippen LogP contribution < -0.4 is 0 Å². The molecule has 0 aliphatic carbocycles. The Kier molecular flexibility index (Phi) is 3.25. The number of carboxylic acid groups (broad SMARTS) is 1. The van der Waals surface area contributed by atoms with Crippen molar-refractivity contribution in [3.63, 3.8) is 0 Å². The van der Waals surface area contributed by atoms with Crippen molar-refractivity contribution in [1.29, 1.82) is 0 Å². The highest BCUT2D eigenvalue weighted by atomic mass is 35.5. The molecule has 1 aromatic heterocycles. The number of sulfone groups is 1. The lowest BCUT2D eigenvalue weighted by atomic mass is 10.4. The van der Waals surface area contributed by atoms with Gasteiger partial charge in [-0.3, -0.25) is 0 Å². The van der Waals surface area contributed by atoms with Gasteiger partial charge in [0.25, 0.3) is 0 Å². The third kappa shape index (κ3) is 3.80. The van der Waals surface area contributed by atoms with Crippen molar-refractivity contribution in [1.82, 2.24) is 9.97 Å². The molecule has 0 saturated carbocycles. The smallest absolute Gasteiger partial charge is 0.354 e. The van der Waals surface area contributed by atoms with Gasteiger partial charge in [0.05, 0.1) is 0 Å². The van der Waals surface area contributed by atoms with Crippen LogP contribution in [0.15, 0.2) is 6.07 Å². The van der Waals surface area contributed by atoms with E-state index in [2.05, 4.69) is 9.97 Å². The van der Waals surface area contributed by atoms with E-state index >= 15 is 0 Å². The second-order valence-corrected chi connectivity index (χ2v) is 5.39. The van der Waals surface area contributed by atoms with E-state index < -0.39 is 21.6 Å². The fraction of sp³-hybridized carbons (Fsp3) is 0.286. The monoisotopic (exact) mass is 250 g/mol. The van der Waals surface area contributed by atoms with Crippen molar-refractivity contribution in [3.05, 3.63) is 22.7 Å². The summed E-state index contributed by atoms with van der Waals surface area (Å²) in [6, 6.07) is 1.05. The van der Waals surface area contributed by atoms with Gasteiger partial charge in [-0.05, 0) is 0 Å². The summed E-state index contributed by atoms with van der Waals surface area (Å²) in [7, 11) is -3.31. The van der Waals surface area contributed by atoms with E-state index in [1.54, 1.807) is 0 Å². The summed E-state index contributed by atoms with van der Waals surface area (Å²) < 4.78 is 21.8. The molecule has 0 aromatic carbocycles. The van der Waals surface area contributed by atoms with Crippen molar-refractivity contribution in [2.75, 3.05) is 6.26 Å². The number of carboxylic acids is 1. The van der Waals surface area contributed by atoms with Crippen LogP contribution in [0.3, 0.4) is 0 Å². The van der Waals surface area contributed by atoms with E-state index in [9.17, 15) is 13.2 Å². The lowest BCUT2D eigenvalue weighted by molar-refractivity contribution is 0.0690. The predicted molar refractivity (Wildman–Crippen MR) is 52.5 cm³/mol. The molecule has 6 nitrogen and oxygen atoms in total. The van der Waals surface area contributed by atoms with Gasteiger partial charge < -0.3 is 5.11 Å². The number of hydrogen-bond acceptors (Lipinski definition) is 5. The second-order valence-electron chi connectivity index (χ2n) is 2.87. The van der Waals surface area contributed by atoms with Crippen LogP contribution in [-0.2, 0) is 15.6 Å². The number of halogens is 1. The molecular formula is C7H7ClN2O4S. The van der Waals surface area contributed by atoms with Crippen LogP contribution in [0.2, 0.25) is 5.15 Å². The van der Waals surface area contributed by atoms with Gasteiger partial charge in [-0.2, -0.15) is 0 Å². The van der Waals surface area contributed by atoms with Gasteiger partial charge in [0.1, 0.15) is 16.7 Å². The molecular weight excluding hydrogens is 244 g/mol. The fourth-order valence-corrected chi connectivity index (χ4v) is 1.67. The van der Waals surface area contributed by atoms with Gasteiger partial charge in [-0.1, -0.05) is 11.6 Å². The fourth-order valence-electron chi connectivity index (χ4n) is 0.873. The van der Waals surface area contributed by atoms with E-state index in [1.807, 2.05) is 0 Å². The first-order valence-corrected chi connectivity index (χ1v) is 6.16. The van der Waals surface area contributed by atoms with Crippen molar-refractivity contribution >= 4 is 27.4 Å². The molecule has 0 atom stereocenters. The van der Waals surface area contributed by atoms with Crippen LogP contribution in [0.5, 0.6) is 0 Å². The van der Waals surface area contributed by atoms with Crippen molar-refractivity contribution in [3.8, 4) is 0 Å². The highest BCUT2D eigenvalue weighted by molar-refractivity contribution is 7.89. The molecule has 0 radical (unpaired) electrons. The highest BCUT2D eigenvalue weighted by Crippen LogP contribution is 2.09. The zero-order valence-electron chi connectivity index (χ0n) is 7.64. The maximum Gasteiger partial charge on any atom is 0.354 e. The zero-order valence-corrected chi connectivity index (χ0v) is 9.21. The molecule has 0 fully saturated rings. The minimum Gasteiger partial charge on any atom is -0.477 e. The van der Waals surface area contributed by atoms with Crippen LogP contribution in [-0.4, -0.2) is 35.7 Å². The van der Waals surface area contributed by atoms with E-state index in [1.165, 1.54) is 0 Å². The van der Waals surface area contributed by atoms with Crippen LogP contribution >= 0.6 is 11.6 Å². The minimum atomic E-state index is -3.31. The molecule has 0 aliphatic heterocycles. The first kappa shape index (κ1) is 11.9. The van der Waals surface area contributed by atoms with E-state index in [-0.39, 0.29) is 16.7 Å². The molecule has 1 aromatic rings. The molecule has 1 heterocycles. The minimum absolute atomic E-state index is 0.0962. The second kappa shape index (κ2) is 4.11. The van der Waals surface area contributed by atoms with E-state index in [0.717, 1.165) is 12.3 Å². The molecule has 0 saturated heterocycles. The molecule has 0 spiro atoms. The maximum absolute atomic E-state index is 10.9. The number of carbonyl (C=O) groups is 1. The number of rotatable bonds is 3. The topological polar surface area (TPSA) is 97.2 Å². The van der Waals surface area contributed by atoms with Crippen molar-refractivity contribution in [2.24, 2.45) is 0 Å². The van der Waals surface area contributed by atoms with Crippen LogP contribution in [0.4, 0.5) is 0 Å². The largest absolute Gasteiger partial charge is 0.477 e. The standard InChI is InChI=1S/C7H7ClN2O4S/c1-15(13,14)3-6-9-4(7(11)12)2-5(8)10-6/h2H,3H2,1H3,(H,11,12). The average molecular weight is 251 g/mol. The maximum atomic E-state index is 10.9. The van der Waals surface area contributed by atoms with Crippen molar-refractivity contribution in [2.45, 2.75) is 5.75 Å². The predicted octanol–water partition coefficient (Wildman–Crippen LogP) is 0.373. The quantitative estimate of drug-likeness (QED) is 0.779. The normalized spacial score (nSPS) is 11.3. The molecule has 1 rings (SSSR count). The Morgan fingerprint density at radius 2 is 2.13 bits per heavy atom. The van der Waals surface area contributed by atoms with Crippen molar-refractivity contribution < 1.29 is 18.3 Å². The molecule has 0 aliphatic rings. The molecule has 15 heavy (non-hydrogen) atoms. The number of hydrogen-bond donors (Lipinski definition) is 1. The molecule has 0 bridgehead atoms. The van der Waals surface area contributed by atoms with E-state index in [0.29, 0.717) is 0 Å². The van der Waals surface area contributed by atoms with Gasteiger partial charge >= 0.3 is 5.97 Å². The number of nitrogens with zero attached hydrogens (tertiary/aromatic N) is 2. The zero-order chi connectivity index (χ0) is 11.6. The molecule has 1 N–H and O–H groups in total. The third-order valence-corrected chi connectivity index (χ3v) is 2.33. The lowest BCUT2D eigenvalue weighted by Crippen LogP contribution is -2.09. The molecule has 0 amide bonds. The Morgan fingerprint density at radius 3 is 2.60 bits per heavy atom.